The second-order valence-corrected chi connectivity index (χ2v) is 4.06. The zero-order chi connectivity index (χ0) is 11.4. The molecule has 0 radical (unpaired) electrons. The highest BCUT2D eigenvalue weighted by Gasteiger charge is 2.01. The normalized spacial score (nSPS) is 9.75. The summed E-state index contributed by atoms with van der Waals surface area (Å²) in [7, 11) is 0. The molecule has 3 N–H and O–H groups in total. The number of nitrogens with two attached hydrogens (primary N) is 1. The lowest BCUT2D eigenvalue weighted by Gasteiger charge is -2.05. The van der Waals surface area contributed by atoms with Crippen LogP contribution in [0.1, 0.15) is 0 Å². The molecule has 0 aliphatic rings. The van der Waals surface area contributed by atoms with Gasteiger partial charge in [-0.1, -0.05) is 22.5 Å². The number of hydrogen-bond acceptors (Lipinski definition) is 5. The van der Waals surface area contributed by atoms with Crippen molar-refractivity contribution in [3.63, 3.8) is 0 Å². The van der Waals surface area contributed by atoms with Crippen molar-refractivity contribution in [2.24, 2.45) is 5.73 Å². The van der Waals surface area contributed by atoms with Crippen LogP contribution in [0.15, 0.2) is 29.8 Å². The molecule has 0 aliphatic heterocycles. The standard InChI is InChI=1S/C9H8N4OS2/c10-8(15)12-6-2-1-3-7(4-6)14-9-13-11-5-16-9/h1-5H,(H3,10,12,15). The van der Waals surface area contributed by atoms with Gasteiger partial charge in [0.2, 0.25) is 0 Å². The van der Waals surface area contributed by atoms with Crippen molar-refractivity contribution in [2.45, 2.75) is 0 Å². The molecule has 1 heterocycles. The van der Waals surface area contributed by atoms with Gasteiger partial charge in [-0.15, -0.1) is 5.10 Å². The second kappa shape index (κ2) is 4.86. The van der Waals surface area contributed by atoms with Gasteiger partial charge in [0, 0.05) is 11.8 Å². The van der Waals surface area contributed by atoms with Gasteiger partial charge in [0.1, 0.15) is 11.3 Å². The largest absolute Gasteiger partial charge is 0.430 e. The molecule has 0 atom stereocenters. The third-order valence-corrected chi connectivity index (χ3v) is 2.32. The second-order valence-electron chi connectivity index (χ2n) is 2.82. The fourth-order valence-electron chi connectivity index (χ4n) is 1.09. The summed E-state index contributed by atoms with van der Waals surface area (Å²) in [6, 6.07) is 7.26. The Balaban J connectivity index is 2.13. The van der Waals surface area contributed by atoms with Crippen LogP contribution in [-0.2, 0) is 0 Å². The van der Waals surface area contributed by atoms with Gasteiger partial charge in [0.05, 0.1) is 0 Å². The number of anilines is 1. The van der Waals surface area contributed by atoms with E-state index in [9.17, 15) is 0 Å². The number of nitrogens with zero attached hydrogens (tertiary/aromatic N) is 2. The van der Waals surface area contributed by atoms with Crippen molar-refractivity contribution in [1.29, 1.82) is 0 Å². The van der Waals surface area contributed by atoms with Crippen molar-refractivity contribution in [3.05, 3.63) is 29.8 Å². The third kappa shape index (κ3) is 2.88. The Labute approximate surface area is 101 Å². The summed E-state index contributed by atoms with van der Waals surface area (Å²) < 4.78 is 5.46. The molecule has 82 valence electrons. The van der Waals surface area contributed by atoms with Gasteiger partial charge >= 0.3 is 0 Å². The Bertz CT molecular complexity index is 486. The molecule has 1 aromatic heterocycles. The van der Waals surface area contributed by atoms with Gasteiger partial charge in [-0.25, -0.2) is 0 Å². The zero-order valence-corrected chi connectivity index (χ0v) is 9.72. The fraction of sp³-hybridized carbons (Fsp3) is 0. The number of benzene rings is 1. The number of aromatic nitrogens is 2. The molecule has 5 nitrogen and oxygen atoms in total. The highest BCUT2D eigenvalue weighted by Crippen LogP contribution is 2.24. The van der Waals surface area contributed by atoms with Gasteiger partial charge in [-0.3, -0.25) is 0 Å². The molecular formula is C9H8N4OS2. The number of thiocarbonyl (C=S) groups is 1. The Morgan fingerprint density at radius 2 is 2.38 bits per heavy atom. The Hall–Kier alpha value is -1.73. The SMILES string of the molecule is NC(=S)Nc1cccc(Oc2nncs2)c1. The molecule has 2 aromatic rings. The summed E-state index contributed by atoms with van der Waals surface area (Å²) >= 11 is 6.06. The van der Waals surface area contributed by atoms with E-state index in [1.807, 2.05) is 18.2 Å². The van der Waals surface area contributed by atoms with E-state index >= 15 is 0 Å². The van der Waals surface area contributed by atoms with E-state index in [1.54, 1.807) is 11.6 Å². The molecule has 16 heavy (non-hydrogen) atoms. The fourth-order valence-corrected chi connectivity index (χ4v) is 1.63. The molecule has 0 aliphatic carbocycles. The van der Waals surface area contributed by atoms with E-state index in [0.717, 1.165) is 5.69 Å². The van der Waals surface area contributed by atoms with Gasteiger partial charge in [-0.05, 0) is 24.4 Å². The summed E-state index contributed by atoms with van der Waals surface area (Å²) in [5, 5.41) is 11.0. The monoisotopic (exact) mass is 252 g/mol. The lowest BCUT2D eigenvalue weighted by atomic mass is 10.3. The number of ether oxygens (including phenoxy) is 1. The maximum Gasteiger partial charge on any atom is 0.299 e. The summed E-state index contributed by atoms with van der Waals surface area (Å²) in [6.07, 6.45) is 0. The smallest absolute Gasteiger partial charge is 0.299 e. The summed E-state index contributed by atoms with van der Waals surface area (Å²) in [5.41, 5.74) is 7.75. The Morgan fingerprint density at radius 1 is 1.50 bits per heavy atom. The van der Waals surface area contributed by atoms with E-state index in [1.165, 1.54) is 11.3 Å². The number of rotatable bonds is 3. The van der Waals surface area contributed by atoms with Gasteiger partial charge in [-0.2, -0.15) is 0 Å². The van der Waals surface area contributed by atoms with Crippen LogP contribution in [0, 0.1) is 0 Å². The summed E-state index contributed by atoms with van der Waals surface area (Å²) in [4.78, 5) is 0. The third-order valence-electron chi connectivity index (χ3n) is 1.65. The van der Waals surface area contributed by atoms with Gasteiger partial charge in [0.25, 0.3) is 5.19 Å². The minimum absolute atomic E-state index is 0.216. The lowest BCUT2D eigenvalue weighted by Crippen LogP contribution is -2.18. The molecule has 0 saturated heterocycles. The molecule has 0 saturated carbocycles. The molecule has 0 spiro atoms. The first-order valence-electron chi connectivity index (χ1n) is 4.34. The van der Waals surface area contributed by atoms with Crippen molar-refractivity contribution >= 4 is 34.4 Å². The molecule has 0 bridgehead atoms. The van der Waals surface area contributed by atoms with Crippen LogP contribution in [0.3, 0.4) is 0 Å². The molecule has 0 amide bonds. The topological polar surface area (TPSA) is 73.1 Å². The lowest BCUT2D eigenvalue weighted by molar-refractivity contribution is 0.473. The molecule has 1 aromatic carbocycles. The van der Waals surface area contributed by atoms with Gasteiger partial charge in [0.15, 0.2) is 5.11 Å². The van der Waals surface area contributed by atoms with Crippen molar-refractivity contribution in [2.75, 3.05) is 5.32 Å². The number of nitrogens with one attached hydrogen (secondary N) is 1. The molecule has 0 unspecified atom stereocenters. The van der Waals surface area contributed by atoms with E-state index in [2.05, 4.69) is 15.5 Å². The Morgan fingerprint density at radius 3 is 3.06 bits per heavy atom. The first kappa shape index (κ1) is 10.8. The molecule has 7 heteroatoms. The summed E-state index contributed by atoms with van der Waals surface area (Å²) in [6.45, 7) is 0. The van der Waals surface area contributed by atoms with Crippen molar-refractivity contribution in [3.8, 4) is 10.9 Å². The highest BCUT2D eigenvalue weighted by molar-refractivity contribution is 7.80. The van der Waals surface area contributed by atoms with E-state index in [0.29, 0.717) is 10.9 Å². The van der Waals surface area contributed by atoms with E-state index in [4.69, 9.17) is 22.7 Å². The predicted molar refractivity (Wildman–Crippen MR) is 66.8 cm³/mol. The first-order valence-corrected chi connectivity index (χ1v) is 5.63. The van der Waals surface area contributed by atoms with Crippen LogP contribution < -0.4 is 15.8 Å². The van der Waals surface area contributed by atoms with Crippen LogP contribution in [-0.4, -0.2) is 15.3 Å². The van der Waals surface area contributed by atoms with Crippen molar-refractivity contribution < 1.29 is 4.74 Å². The van der Waals surface area contributed by atoms with Crippen LogP contribution in [0.25, 0.3) is 0 Å². The minimum Gasteiger partial charge on any atom is -0.430 e. The highest BCUT2D eigenvalue weighted by atomic mass is 32.1. The van der Waals surface area contributed by atoms with Crippen LogP contribution in [0.4, 0.5) is 5.69 Å². The first-order chi connectivity index (χ1) is 7.74. The molecule has 0 fully saturated rings. The minimum atomic E-state index is 0.216. The quantitative estimate of drug-likeness (QED) is 0.814. The van der Waals surface area contributed by atoms with Crippen LogP contribution in [0.2, 0.25) is 0 Å². The van der Waals surface area contributed by atoms with E-state index in [-0.39, 0.29) is 5.11 Å². The Kier molecular flexibility index (Phi) is 3.28. The number of hydrogen-bond donors (Lipinski definition) is 2. The average molecular weight is 252 g/mol. The zero-order valence-electron chi connectivity index (χ0n) is 8.08. The molecular weight excluding hydrogens is 244 g/mol. The molecule has 2 rings (SSSR count). The predicted octanol–water partition coefficient (Wildman–Crippen LogP) is 1.99. The van der Waals surface area contributed by atoms with Crippen LogP contribution >= 0.6 is 23.6 Å². The van der Waals surface area contributed by atoms with E-state index < -0.39 is 0 Å². The van der Waals surface area contributed by atoms with Crippen LogP contribution in [0.5, 0.6) is 10.9 Å². The average Bonchev–Trinajstić information content (AvgIpc) is 2.70. The maximum atomic E-state index is 5.46. The van der Waals surface area contributed by atoms with Crippen molar-refractivity contribution in [1.82, 2.24) is 10.2 Å². The summed E-state index contributed by atoms with van der Waals surface area (Å²) in [5.74, 6) is 0.651. The maximum absolute atomic E-state index is 5.46. The van der Waals surface area contributed by atoms with Gasteiger partial charge < -0.3 is 15.8 Å².